The van der Waals surface area contributed by atoms with E-state index in [1.807, 2.05) is 6.07 Å². The van der Waals surface area contributed by atoms with Crippen molar-refractivity contribution in [3.63, 3.8) is 0 Å². The largest absolute Gasteiger partial charge is 0.384 e. The Kier molecular flexibility index (Phi) is 4.38. The number of aryl methyl sites for hydroxylation is 1. The van der Waals surface area contributed by atoms with E-state index in [1.165, 1.54) is 11.1 Å². The van der Waals surface area contributed by atoms with Gasteiger partial charge in [-0.1, -0.05) is 29.8 Å². The fourth-order valence-corrected chi connectivity index (χ4v) is 2.10. The minimum Gasteiger partial charge on any atom is -0.384 e. The fraction of sp³-hybridized carbons (Fsp3) is 0.143. The van der Waals surface area contributed by atoms with Gasteiger partial charge in [0.2, 0.25) is 5.65 Å². The standard InChI is InChI=1S/C13H13N5.CO2/c1-8-3-2-4-9(5-8)6-10-7-11(14)15-13-12(10)16-18-17-13;2-1-3/h2-5,7H,6H2,1H3,(H3,14,15,16,17,18);. The van der Waals surface area contributed by atoms with Crippen LogP contribution in [0.5, 0.6) is 0 Å². The van der Waals surface area contributed by atoms with Crippen LogP contribution in [0.3, 0.4) is 0 Å². The van der Waals surface area contributed by atoms with Crippen LogP contribution in [0.4, 0.5) is 5.82 Å². The van der Waals surface area contributed by atoms with Crippen LogP contribution < -0.4 is 5.73 Å². The van der Waals surface area contributed by atoms with Crippen molar-refractivity contribution in [3.8, 4) is 0 Å². The van der Waals surface area contributed by atoms with Gasteiger partial charge in [0.1, 0.15) is 11.3 Å². The van der Waals surface area contributed by atoms with Crippen LogP contribution in [0.2, 0.25) is 0 Å². The summed E-state index contributed by atoms with van der Waals surface area (Å²) in [6.07, 6.45) is 1.03. The van der Waals surface area contributed by atoms with Gasteiger partial charge in [-0.05, 0) is 30.5 Å². The van der Waals surface area contributed by atoms with E-state index in [0.29, 0.717) is 11.5 Å². The number of benzene rings is 1. The van der Waals surface area contributed by atoms with Gasteiger partial charge in [0, 0.05) is 0 Å². The predicted octanol–water partition coefficient (Wildman–Crippen LogP) is 1.25. The Balaban J connectivity index is 0.000000497. The highest BCUT2D eigenvalue weighted by molar-refractivity contribution is 5.76. The molecule has 0 radical (unpaired) electrons. The molecule has 0 fully saturated rings. The van der Waals surface area contributed by atoms with Crippen molar-refractivity contribution >= 4 is 23.1 Å². The second kappa shape index (κ2) is 6.40. The third kappa shape index (κ3) is 3.49. The highest BCUT2D eigenvalue weighted by Gasteiger charge is 2.08. The number of aromatic amines is 1. The molecule has 1 aromatic carbocycles. The molecule has 0 unspecified atom stereocenters. The van der Waals surface area contributed by atoms with Crippen LogP contribution in [-0.2, 0) is 16.0 Å². The van der Waals surface area contributed by atoms with Gasteiger partial charge in [0.15, 0.2) is 0 Å². The smallest absolute Gasteiger partial charge is 0.373 e. The summed E-state index contributed by atoms with van der Waals surface area (Å²) < 4.78 is 0. The topological polar surface area (TPSA) is 115 Å². The highest BCUT2D eigenvalue weighted by atomic mass is 16.2. The first-order valence-corrected chi connectivity index (χ1v) is 6.14. The van der Waals surface area contributed by atoms with Gasteiger partial charge in [0.25, 0.3) is 0 Å². The van der Waals surface area contributed by atoms with E-state index < -0.39 is 0 Å². The molecule has 7 heteroatoms. The molecule has 0 aliphatic heterocycles. The number of anilines is 1. The van der Waals surface area contributed by atoms with E-state index in [0.717, 1.165) is 17.5 Å². The van der Waals surface area contributed by atoms with Crippen LogP contribution in [0.1, 0.15) is 16.7 Å². The molecule has 0 aliphatic carbocycles. The maximum absolute atomic E-state index is 8.12. The van der Waals surface area contributed by atoms with Crippen molar-refractivity contribution in [2.45, 2.75) is 13.3 Å². The lowest BCUT2D eigenvalue weighted by molar-refractivity contribution is -0.191. The van der Waals surface area contributed by atoms with Crippen LogP contribution in [0.15, 0.2) is 30.3 Å². The number of fused-ring (bicyclic) bond motifs is 1. The van der Waals surface area contributed by atoms with Crippen molar-refractivity contribution in [2.24, 2.45) is 0 Å². The van der Waals surface area contributed by atoms with E-state index in [9.17, 15) is 0 Å². The van der Waals surface area contributed by atoms with Gasteiger partial charge < -0.3 is 5.73 Å². The minimum atomic E-state index is 0.250. The molecular formula is C14H13N5O2. The van der Waals surface area contributed by atoms with Gasteiger partial charge >= 0.3 is 6.15 Å². The number of carbonyl (C=O) groups excluding carboxylic acids is 2. The molecule has 7 nitrogen and oxygen atoms in total. The van der Waals surface area contributed by atoms with E-state index in [4.69, 9.17) is 15.3 Å². The quantitative estimate of drug-likeness (QED) is 0.731. The van der Waals surface area contributed by atoms with Gasteiger partial charge in [-0.2, -0.15) is 19.9 Å². The number of hydrogen-bond donors (Lipinski definition) is 2. The lowest BCUT2D eigenvalue weighted by atomic mass is 10.0. The number of hydrogen-bond acceptors (Lipinski definition) is 6. The number of pyridine rings is 1. The zero-order valence-electron chi connectivity index (χ0n) is 11.3. The Morgan fingerprint density at radius 1 is 1.24 bits per heavy atom. The van der Waals surface area contributed by atoms with Crippen molar-refractivity contribution in [1.29, 1.82) is 0 Å². The average molecular weight is 283 g/mol. The van der Waals surface area contributed by atoms with Crippen molar-refractivity contribution in [2.75, 3.05) is 5.73 Å². The Labute approximate surface area is 120 Å². The zero-order chi connectivity index (χ0) is 15.2. The maximum Gasteiger partial charge on any atom is 0.373 e. The van der Waals surface area contributed by atoms with Crippen LogP contribution in [0, 0.1) is 6.92 Å². The number of nitrogens with zero attached hydrogens (tertiary/aromatic N) is 3. The number of rotatable bonds is 2. The number of aromatic nitrogens is 4. The van der Waals surface area contributed by atoms with E-state index in [2.05, 4.69) is 51.6 Å². The first kappa shape index (κ1) is 14.4. The van der Waals surface area contributed by atoms with E-state index in [-0.39, 0.29) is 6.15 Å². The van der Waals surface area contributed by atoms with Gasteiger partial charge in [-0.15, -0.1) is 5.10 Å². The minimum absolute atomic E-state index is 0.250. The molecule has 2 aromatic heterocycles. The Bertz CT molecular complexity index is 791. The molecule has 3 rings (SSSR count). The molecule has 21 heavy (non-hydrogen) atoms. The predicted molar refractivity (Wildman–Crippen MR) is 75.1 cm³/mol. The number of nitrogens with one attached hydrogen (secondary N) is 1. The molecule has 2 heterocycles. The molecule has 0 aliphatic rings. The third-order valence-electron chi connectivity index (χ3n) is 2.87. The first-order chi connectivity index (χ1) is 10.1. The van der Waals surface area contributed by atoms with Crippen molar-refractivity contribution < 1.29 is 9.59 Å². The number of nitrogen functional groups attached to an aromatic ring is 1. The molecule has 3 N–H and O–H groups in total. The Morgan fingerprint density at radius 2 is 2.00 bits per heavy atom. The molecule has 3 aromatic rings. The number of nitrogens with two attached hydrogens (primary N) is 1. The Hall–Kier alpha value is -3.05. The molecule has 106 valence electrons. The summed E-state index contributed by atoms with van der Waals surface area (Å²) >= 11 is 0. The van der Waals surface area contributed by atoms with Crippen molar-refractivity contribution in [3.05, 3.63) is 47.0 Å². The summed E-state index contributed by atoms with van der Waals surface area (Å²) in [5, 5.41) is 10.7. The molecule has 0 saturated heterocycles. The second-order valence-electron chi connectivity index (χ2n) is 4.45. The lowest BCUT2D eigenvalue weighted by Crippen LogP contribution is -1.96. The molecule has 0 saturated carbocycles. The summed E-state index contributed by atoms with van der Waals surface area (Å²) in [4.78, 5) is 20.4. The third-order valence-corrected chi connectivity index (χ3v) is 2.87. The van der Waals surface area contributed by atoms with Crippen LogP contribution >= 0.6 is 0 Å². The second-order valence-corrected chi connectivity index (χ2v) is 4.45. The normalized spacial score (nSPS) is 9.76. The lowest BCUT2D eigenvalue weighted by Gasteiger charge is -2.04. The SMILES string of the molecule is Cc1cccc(Cc2cc(N)nc3n[nH]nc23)c1.O=C=O. The molecule has 0 atom stereocenters. The van der Waals surface area contributed by atoms with Crippen LogP contribution in [-0.4, -0.2) is 26.5 Å². The van der Waals surface area contributed by atoms with Crippen molar-refractivity contribution in [1.82, 2.24) is 20.4 Å². The van der Waals surface area contributed by atoms with Gasteiger partial charge in [-0.25, -0.2) is 4.98 Å². The van der Waals surface area contributed by atoms with E-state index in [1.54, 1.807) is 0 Å². The highest BCUT2D eigenvalue weighted by Crippen LogP contribution is 2.19. The maximum atomic E-state index is 8.12. The number of H-pyrrole nitrogens is 1. The van der Waals surface area contributed by atoms with E-state index >= 15 is 0 Å². The summed E-state index contributed by atoms with van der Waals surface area (Å²) in [5.41, 5.74) is 10.6. The summed E-state index contributed by atoms with van der Waals surface area (Å²) in [6.45, 7) is 2.08. The first-order valence-electron chi connectivity index (χ1n) is 6.14. The van der Waals surface area contributed by atoms with Gasteiger partial charge in [0.05, 0.1) is 0 Å². The molecular weight excluding hydrogens is 270 g/mol. The molecule has 0 bridgehead atoms. The zero-order valence-corrected chi connectivity index (χ0v) is 11.3. The monoisotopic (exact) mass is 283 g/mol. The average Bonchev–Trinajstić information content (AvgIpc) is 2.88. The van der Waals surface area contributed by atoms with Gasteiger partial charge in [-0.3, -0.25) is 0 Å². The van der Waals surface area contributed by atoms with Crippen LogP contribution in [0.25, 0.3) is 11.2 Å². The molecule has 0 amide bonds. The molecule has 0 spiro atoms. The Morgan fingerprint density at radius 3 is 2.71 bits per heavy atom. The summed E-state index contributed by atoms with van der Waals surface area (Å²) in [6, 6.07) is 10.2. The summed E-state index contributed by atoms with van der Waals surface area (Å²) in [7, 11) is 0. The summed E-state index contributed by atoms with van der Waals surface area (Å²) in [5.74, 6) is 0.471. The fourth-order valence-electron chi connectivity index (χ4n) is 2.10.